The van der Waals surface area contributed by atoms with Gasteiger partial charge in [0.1, 0.15) is 0 Å². The first kappa shape index (κ1) is 13.7. The molecule has 2 rings (SSSR count). The maximum absolute atomic E-state index is 12.1. The third-order valence-electron chi connectivity index (χ3n) is 3.57. The van der Waals surface area contributed by atoms with E-state index in [0.717, 1.165) is 31.6 Å². The first-order chi connectivity index (χ1) is 8.56. The lowest BCUT2D eigenvalue weighted by molar-refractivity contribution is -0.121. The summed E-state index contributed by atoms with van der Waals surface area (Å²) in [6.45, 7) is 2.24. The normalized spacial score (nSPS) is 23.7. The highest BCUT2D eigenvalue weighted by Crippen LogP contribution is 2.31. The molecule has 1 aromatic rings. The van der Waals surface area contributed by atoms with Gasteiger partial charge in [0.15, 0.2) is 0 Å². The summed E-state index contributed by atoms with van der Waals surface area (Å²) in [6.07, 6.45) is 4.18. The van der Waals surface area contributed by atoms with Crippen molar-refractivity contribution in [1.29, 1.82) is 0 Å². The van der Waals surface area contributed by atoms with Gasteiger partial charge < -0.3 is 5.32 Å². The van der Waals surface area contributed by atoms with Gasteiger partial charge in [0.2, 0.25) is 5.91 Å². The highest BCUT2D eigenvalue weighted by atomic mass is 35.5. The predicted molar refractivity (Wildman–Crippen MR) is 76.2 cm³/mol. The van der Waals surface area contributed by atoms with Crippen molar-refractivity contribution in [2.75, 3.05) is 5.32 Å². The fourth-order valence-corrected chi connectivity index (χ4v) is 2.69. The molecule has 18 heavy (non-hydrogen) atoms. The second-order valence-electron chi connectivity index (χ2n) is 5.07. The van der Waals surface area contributed by atoms with Gasteiger partial charge in [-0.3, -0.25) is 4.79 Å². The minimum Gasteiger partial charge on any atom is -0.324 e. The Morgan fingerprint density at radius 3 is 2.56 bits per heavy atom. The zero-order chi connectivity index (χ0) is 13.1. The molecule has 1 saturated carbocycles. The van der Waals surface area contributed by atoms with Gasteiger partial charge in [0.25, 0.3) is 0 Å². The van der Waals surface area contributed by atoms with Gasteiger partial charge in [-0.05, 0) is 49.8 Å². The van der Waals surface area contributed by atoms with E-state index in [1.165, 1.54) is 0 Å². The van der Waals surface area contributed by atoms with E-state index in [-0.39, 0.29) is 11.8 Å². The molecule has 1 amide bonds. The summed E-state index contributed by atoms with van der Waals surface area (Å²) >= 11 is 11.9. The number of amides is 1. The molecule has 0 saturated heterocycles. The van der Waals surface area contributed by atoms with Gasteiger partial charge in [0.05, 0.1) is 10.7 Å². The summed E-state index contributed by atoms with van der Waals surface area (Å²) < 4.78 is 0. The first-order valence-electron chi connectivity index (χ1n) is 6.32. The molecule has 1 fully saturated rings. The standard InChI is InChI=1S/C14H17Cl2NO/c1-9-2-4-10(5-3-9)14(18)17-13-8-11(15)6-7-12(13)16/h6-10H,2-5H2,1H3,(H,17,18). The monoisotopic (exact) mass is 285 g/mol. The number of nitrogens with one attached hydrogen (secondary N) is 1. The zero-order valence-electron chi connectivity index (χ0n) is 10.4. The Labute approximate surface area is 118 Å². The highest BCUT2D eigenvalue weighted by Gasteiger charge is 2.24. The Kier molecular flexibility index (Phi) is 4.52. The van der Waals surface area contributed by atoms with Crippen molar-refractivity contribution >= 4 is 34.8 Å². The number of anilines is 1. The first-order valence-corrected chi connectivity index (χ1v) is 7.08. The van der Waals surface area contributed by atoms with E-state index in [2.05, 4.69) is 12.2 Å². The maximum Gasteiger partial charge on any atom is 0.227 e. The van der Waals surface area contributed by atoms with E-state index in [9.17, 15) is 4.79 Å². The predicted octanol–water partition coefficient (Wildman–Crippen LogP) is 4.76. The number of hydrogen-bond donors (Lipinski definition) is 1. The van der Waals surface area contributed by atoms with Crippen molar-refractivity contribution in [3.8, 4) is 0 Å². The lowest BCUT2D eigenvalue weighted by Crippen LogP contribution is -2.26. The number of carbonyl (C=O) groups excluding carboxylic acids is 1. The summed E-state index contributed by atoms with van der Waals surface area (Å²) in [7, 11) is 0. The summed E-state index contributed by atoms with van der Waals surface area (Å²) in [5, 5.41) is 3.98. The molecule has 2 nitrogen and oxygen atoms in total. The number of hydrogen-bond acceptors (Lipinski definition) is 1. The van der Waals surface area contributed by atoms with Gasteiger partial charge in [-0.2, -0.15) is 0 Å². The van der Waals surface area contributed by atoms with Gasteiger partial charge in [-0.25, -0.2) is 0 Å². The smallest absolute Gasteiger partial charge is 0.227 e. The fourth-order valence-electron chi connectivity index (χ4n) is 2.35. The van der Waals surface area contributed by atoms with Gasteiger partial charge >= 0.3 is 0 Å². The average molecular weight is 286 g/mol. The Hall–Kier alpha value is -0.730. The molecule has 1 aromatic carbocycles. The van der Waals surface area contributed by atoms with E-state index < -0.39 is 0 Å². The molecule has 0 atom stereocenters. The van der Waals surface area contributed by atoms with Crippen LogP contribution in [0.2, 0.25) is 10.0 Å². The Bertz CT molecular complexity index is 439. The van der Waals surface area contributed by atoms with Crippen LogP contribution in [0, 0.1) is 11.8 Å². The molecule has 0 unspecified atom stereocenters. The third-order valence-corrected chi connectivity index (χ3v) is 4.14. The van der Waals surface area contributed by atoms with Crippen molar-refractivity contribution in [2.45, 2.75) is 32.6 Å². The number of rotatable bonds is 2. The van der Waals surface area contributed by atoms with Crippen molar-refractivity contribution in [3.63, 3.8) is 0 Å². The molecule has 0 bridgehead atoms. The molecule has 0 aromatic heterocycles. The summed E-state index contributed by atoms with van der Waals surface area (Å²) in [6, 6.07) is 5.09. The highest BCUT2D eigenvalue weighted by molar-refractivity contribution is 6.35. The molecule has 0 spiro atoms. The van der Waals surface area contributed by atoms with Crippen molar-refractivity contribution in [1.82, 2.24) is 0 Å². The number of benzene rings is 1. The van der Waals surface area contributed by atoms with Gasteiger partial charge in [0, 0.05) is 10.9 Å². The average Bonchev–Trinajstić information content (AvgIpc) is 2.34. The molecule has 1 aliphatic rings. The lowest BCUT2D eigenvalue weighted by atomic mass is 9.82. The van der Waals surface area contributed by atoms with Crippen LogP contribution in [0.25, 0.3) is 0 Å². The van der Waals surface area contributed by atoms with E-state index >= 15 is 0 Å². The maximum atomic E-state index is 12.1. The second-order valence-corrected chi connectivity index (χ2v) is 5.91. The molecule has 0 radical (unpaired) electrons. The van der Waals surface area contributed by atoms with Crippen molar-refractivity contribution in [3.05, 3.63) is 28.2 Å². The number of halogens is 2. The van der Waals surface area contributed by atoms with Crippen molar-refractivity contribution in [2.24, 2.45) is 11.8 Å². The van der Waals surface area contributed by atoms with Crippen LogP contribution in [0.5, 0.6) is 0 Å². The zero-order valence-corrected chi connectivity index (χ0v) is 11.9. The summed E-state index contributed by atoms with van der Waals surface area (Å²) in [4.78, 5) is 12.1. The van der Waals surface area contributed by atoms with E-state index in [1.807, 2.05) is 0 Å². The minimum atomic E-state index is 0.0612. The Morgan fingerprint density at radius 1 is 1.22 bits per heavy atom. The van der Waals surface area contributed by atoms with Crippen LogP contribution in [-0.2, 0) is 4.79 Å². The second kappa shape index (κ2) is 5.94. The molecule has 98 valence electrons. The molecule has 0 heterocycles. The Morgan fingerprint density at radius 2 is 1.89 bits per heavy atom. The molecule has 1 N–H and O–H groups in total. The molecular formula is C14H17Cl2NO. The van der Waals surface area contributed by atoms with Gasteiger partial charge in [-0.1, -0.05) is 30.1 Å². The largest absolute Gasteiger partial charge is 0.324 e. The number of carbonyl (C=O) groups is 1. The molecular weight excluding hydrogens is 269 g/mol. The van der Waals surface area contributed by atoms with Crippen LogP contribution in [0.15, 0.2) is 18.2 Å². The SMILES string of the molecule is CC1CCC(C(=O)Nc2cc(Cl)ccc2Cl)CC1. The summed E-state index contributed by atoms with van der Waals surface area (Å²) in [5.74, 6) is 0.908. The van der Waals surface area contributed by atoms with Gasteiger partial charge in [-0.15, -0.1) is 0 Å². The van der Waals surface area contributed by atoms with Crippen LogP contribution < -0.4 is 5.32 Å². The molecule has 0 aliphatic heterocycles. The van der Waals surface area contributed by atoms with E-state index in [4.69, 9.17) is 23.2 Å². The molecule has 4 heteroatoms. The van der Waals surface area contributed by atoms with Crippen molar-refractivity contribution < 1.29 is 4.79 Å². The van der Waals surface area contributed by atoms with E-state index in [1.54, 1.807) is 18.2 Å². The van der Waals surface area contributed by atoms with Crippen LogP contribution in [0.4, 0.5) is 5.69 Å². The summed E-state index contributed by atoms with van der Waals surface area (Å²) in [5.41, 5.74) is 0.604. The minimum absolute atomic E-state index is 0.0612. The Balaban J connectivity index is 2.00. The topological polar surface area (TPSA) is 29.1 Å². The van der Waals surface area contributed by atoms with Crippen LogP contribution in [0.3, 0.4) is 0 Å². The molecule has 1 aliphatic carbocycles. The van der Waals surface area contributed by atoms with Crippen LogP contribution in [-0.4, -0.2) is 5.91 Å². The third kappa shape index (κ3) is 3.39. The quantitative estimate of drug-likeness (QED) is 0.834. The van der Waals surface area contributed by atoms with Crippen LogP contribution >= 0.6 is 23.2 Å². The lowest BCUT2D eigenvalue weighted by Gasteiger charge is -2.25. The van der Waals surface area contributed by atoms with Crippen LogP contribution in [0.1, 0.15) is 32.6 Å². The van der Waals surface area contributed by atoms with E-state index in [0.29, 0.717) is 15.7 Å². The fraction of sp³-hybridized carbons (Fsp3) is 0.500.